The molecule has 0 aliphatic heterocycles. The summed E-state index contributed by atoms with van der Waals surface area (Å²) in [5.74, 6) is 1.10. The highest BCUT2D eigenvalue weighted by molar-refractivity contribution is 7.92. The summed E-state index contributed by atoms with van der Waals surface area (Å²) in [5, 5.41) is 2.66. The second-order valence-corrected chi connectivity index (χ2v) is 7.93. The number of hydrogen-bond donors (Lipinski definition) is 1. The van der Waals surface area contributed by atoms with Gasteiger partial charge in [0, 0.05) is 0 Å². The lowest BCUT2D eigenvalue weighted by atomic mass is 10.3. The van der Waals surface area contributed by atoms with Gasteiger partial charge >= 0.3 is 0 Å². The molecule has 0 aliphatic rings. The van der Waals surface area contributed by atoms with E-state index in [4.69, 9.17) is 14.2 Å². The van der Waals surface area contributed by atoms with Crippen LogP contribution in [-0.2, 0) is 14.8 Å². The van der Waals surface area contributed by atoms with Gasteiger partial charge in [0.2, 0.25) is 15.9 Å². The van der Waals surface area contributed by atoms with Crippen LogP contribution in [0.4, 0.5) is 5.69 Å². The number of carbonyl (C=O) groups is 1. The minimum absolute atomic E-state index is 0.209. The molecule has 1 N–H and O–H groups in total. The Morgan fingerprint density at radius 2 is 1.62 bits per heavy atom. The molecular formula is C20H26N2O6S. The highest BCUT2D eigenvalue weighted by Crippen LogP contribution is 2.29. The fourth-order valence-corrected chi connectivity index (χ4v) is 3.46. The molecule has 29 heavy (non-hydrogen) atoms. The Morgan fingerprint density at radius 1 is 1.00 bits per heavy atom. The third-order valence-electron chi connectivity index (χ3n) is 3.87. The Kier molecular flexibility index (Phi) is 8.14. The van der Waals surface area contributed by atoms with E-state index in [2.05, 4.69) is 5.32 Å². The lowest BCUT2D eigenvalue weighted by molar-refractivity contribution is -0.119. The molecule has 2 aromatic rings. The smallest absolute Gasteiger partial charge is 0.240 e. The minimum Gasteiger partial charge on any atom is -0.493 e. The van der Waals surface area contributed by atoms with Crippen molar-refractivity contribution in [1.82, 2.24) is 5.32 Å². The average Bonchev–Trinajstić information content (AvgIpc) is 2.70. The van der Waals surface area contributed by atoms with E-state index in [0.29, 0.717) is 29.5 Å². The van der Waals surface area contributed by atoms with Crippen molar-refractivity contribution in [3.05, 3.63) is 48.5 Å². The topological polar surface area (TPSA) is 94.2 Å². The fraction of sp³-hybridized carbons (Fsp3) is 0.350. The summed E-state index contributed by atoms with van der Waals surface area (Å²) in [4.78, 5) is 12.3. The highest BCUT2D eigenvalue weighted by atomic mass is 32.2. The number of nitrogens with zero attached hydrogens (tertiary/aromatic N) is 1. The van der Waals surface area contributed by atoms with Crippen molar-refractivity contribution in [1.29, 1.82) is 0 Å². The first kappa shape index (κ1) is 22.4. The maximum absolute atomic E-state index is 12.3. The third-order valence-corrected chi connectivity index (χ3v) is 5.00. The van der Waals surface area contributed by atoms with E-state index in [0.717, 1.165) is 10.6 Å². The number of rotatable bonds is 11. The van der Waals surface area contributed by atoms with Crippen molar-refractivity contribution < 1.29 is 27.4 Å². The molecule has 0 radical (unpaired) electrons. The predicted octanol–water partition coefficient (Wildman–Crippen LogP) is 2.06. The molecule has 0 unspecified atom stereocenters. The van der Waals surface area contributed by atoms with Crippen LogP contribution in [0.1, 0.15) is 6.92 Å². The Hall–Kier alpha value is -2.94. The summed E-state index contributed by atoms with van der Waals surface area (Å²) in [5.41, 5.74) is 0.317. The van der Waals surface area contributed by atoms with Gasteiger partial charge in [-0.25, -0.2) is 8.42 Å². The maximum Gasteiger partial charge on any atom is 0.240 e. The van der Waals surface area contributed by atoms with E-state index in [1.165, 1.54) is 0 Å². The second kappa shape index (κ2) is 10.6. The molecule has 2 rings (SSSR count). The monoisotopic (exact) mass is 422 g/mol. The van der Waals surface area contributed by atoms with Gasteiger partial charge in [-0.2, -0.15) is 0 Å². The molecule has 0 aliphatic carbocycles. The molecule has 9 heteroatoms. The number of ether oxygens (including phenoxy) is 3. The van der Waals surface area contributed by atoms with Crippen LogP contribution in [0.3, 0.4) is 0 Å². The molecule has 0 fully saturated rings. The van der Waals surface area contributed by atoms with E-state index >= 15 is 0 Å². The van der Waals surface area contributed by atoms with Gasteiger partial charge in [0.25, 0.3) is 0 Å². The molecule has 158 valence electrons. The van der Waals surface area contributed by atoms with Gasteiger partial charge in [0.1, 0.15) is 18.9 Å². The SMILES string of the molecule is CCOc1ccccc1N(CC(=O)NCCOc1ccccc1OC)S(C)(=O)=O. The van der Waals surface area contributed by atoms with Gasteiger partial charge < -0.3 is 19.5 Å². The van der Waals surface area contributed by atoms with Crippen molar-refractivity contribution in [3.63, 3.8) is 0 Å². The van der Waals surface area contributed by atoms with E-state index < -0.39 is 15.9 Å². The number of hydrogen-bond acceptors (Lipinski definition) is 6. The number of carbonyl (C=O) groups excluding carboxylic acids is 1. The molecule has 8 nitrogen and oxygen atoms in total. The first-order valence-electron chi connectivity index (χ1n) is 9.08. The molecule has 0 heterocycles. The number of benzene rings is 2. The molecule has 0 saturated carbocycles. The zero-order valence-electron chi connectivity index (χ0n) is 16.8. The molecule has 2 aromatic carbocycles. The van der Waals surface area contributed by atoms with Crippen molar-refractivity contribution in [2.45, 2.75) is 6.92 Å². The van der Waals surface area contributed by atoms with E-state index in [1.54, 1.807) is 50.4 Å². The highest BCUT2D eigenvalue weighted by Gasteiger charge is 2.23. The average molecular weight is 423 g/mol. The van der Waals surface area contributed by atoms with Crippen LogP contribution in [-0.4, -0.2) is 54.0 Å². The number of anilines is 1. The molecular weight excluding hydrogens is 396 g/mol. The molecule has 0 bridgehead atoms. The van der Waals surface area contributed by atoms with Gasteiger partial charge in [-0.05, 0) is 31.2 Å². The van der Waals surface area contributed by atoms with E-state index in [9.17, 15) is 13.2 Å². The normalized spacial score (nSPS) is 10.9. The number of amides is 1. The Labute approximate surface area is 171 Å². The van der Waals surface area contributed by atoms with Gasteiger partial charge in [-0.3, -0.25) is 9.10 Å². The summed E-state index contributed by atoms with van der Waals surface area (Å²) in [7, 11) is -2.15. The van der Waals surface area contributed by atoms with Crippen molar-refractivity contribution in [3.8, 4) is 17.2 Å². The zero-order chi connectivity index (χ0) is 21.3. The summed E-state index contributed by atoms with van der Waals surface area (Å²) >= 11 is 0. The second-order valence-electron chi connectivity index (χ2n) is 6.02. The Balaban J connectivity index is 1.97. The van der Waals surface area contributed by atoms with Crippen LogP contribution in [0, 0.1) is 0 Å². The van der Waals surface area contributed by atoms with Crippen molar-refractivity contribution >= 4 is 21.6 Å². The molecule has 0 aromatic heterocycles. The largest absolute Gasteiger partial charge is 0.493 e. The third kappa shape index (κ3) is 6.56. The van der Waals surface area contributed by atoms with Gasteiger partial charge in [-0.1, -0.05) is 24.3 Å². The van der Waals surface area contributed by atoms with Crippen LogP contribution < -0.4 is 23.8 Å². The van der Waals surface area contributed by atoms with Crippen LogP contribution in [0.5, 0.6) is 17.2 Å². The number of para-hydroxylation sites is 4. The number of methoxy groups -OCH3 is 1. The fourth-order valence-electron chi connectivity index (χ4n) is 2.60. The first-order valence-corrected chi connectivity index (χ1v) is 10.9. The Bertz CT molecular complexity index is 917. The van der Waals surface area contributed by atoms with Crippen LogP contribution in [0.2, 0.25) is 0 Å². The lowest BCUT2D eigenvalue weighted by Crippen LogP contribution is -2.41. The predicted molar refractivity (Wildman–Crippen MR) is 111 cm³/mol. The molecule has 0 atom stereocenters. The zero-order valence-corrected chi connectivity index (χ0v) is 17.6. The standard InChI is InChI=1S/C20H26N2O6S/c1-4-27-17-10-6-5-9-16(17)22(29(3,24)25)15-20(23)21-13-14-28-19-12-8-7-11-18(19)26-2/h5-12H,4,13-15H2,1-3H3,(H,21,23). The summed E-state index contributed by atoms with van der Waals surface area (Å²) in [6.45, 7) is 2.23. The van der Waals surface area contributed by atoms with Crippen molar-refractivity contribution in [2.75, 3.05) is 44.0 Å². The van der Waals surface area contributed by atoms with Gasteiger partial charge in [0.05, 0.1) is 32.2 Å². The van der Waals surface area contributed by atoms with Gasteiger partial charge in [-0.15, -0.1) is 0 Å². The van der Waals surface area contributed by atoms with Crippen LogP contribution in [0.25, 0.3) is 0 Å². The summed E-state index contributed by atoms with van der Waals surface area (Å²) < 4.78 is 41.8. The van der Waals surface area contributed by atoms with Crippen LogP contribution >= 0.6 is 0 Å². The molecule has 0 saturated heterocycles. The maximum atomic E-state index is 12.3. The molecule has 1 amide bonds. The van der Waals surface area contributed by atoms with E-state index in [-0.39, 0.29) is 19.7 Å². The molecule has 0 spiro atoms. The Morgan fingerprint density at radius 3 is 2.24 bits per heavy atom. The van der Waals surface area contributed by atoms with Gasteiger partial charge in [0.15, 0.2) is 11.5 Å². The van der Waals surface area contributed by atoms with Crippen LogP contribution in [0.15, 0.2) is 48.5 Å². The number of sulfonamides is 1. The first-order chi connectivity index (χ1) is 13.9. The summed E-state index contributed by atoms with van der Waals surface area (Å²) in [6.07, 6.45) is 1.05. The number of nitrogens with one attached hydrogen (secondary N) is 1. The van der Waals surface area contributed by atoms with Crippen molar-refractivity contribution in [2.24, 2.45) is 0 Å². The quantitative estimate of drug-likeness (QED) is 0.557. The lowest BCUT2D eigenvalue weighted by Gasteiger charge is -2.24. The van der Waals surface area contributed by atoms with E-state index in [1.807, 2.05) is 12.1 Å². The summed E-state index contributed by atoms with van der Waals surface area (Å²) in [6, 6.07) is 13.9. The minimum atomic E-state index is -3.69.